The largest absolute Gasteiger partial charge is 0.395 e. The first-order valence-corrected chi connectivity index (χ1v) is 8.50. The van der Waals surface area contributed by atoms with Gasteiger partial charge in [0.1, 0.15) is 6.33 Å². The van der Waals surface area contributed by atoms with Crippen molar-refractivity contribution < 1.29 is 9.90 Å². The van der Waals surface area contributed by atoms with Crippen molar-refractivity contribution in [1.82, 2.24) is 19.5 Å². The van der Waals surface area contributed by atoms with Gasteiger partial charge in [0.15, 0.2) is 17.0 Å². The minimum absolute atomic E-state index is 0.0244. The number of hydrogen-bond donors (Lipinski definition) is 2. The van der Waals surface area contributed by atoms with E-state index < -0.39 is 0 Å². The molecule has 1 amide bonds. The molecule has 0 aliphatic rings. The van der Waals surface area contributed by atoms with Crippen molar-refractivity contribution in [2.75, 3.05) is 11.9 Å². The number of nitrogens with zero attached hydrogens (tertiary/aromatic N) is 4. The van der Waals surface area contributed by atoms with Gasteiger partial charge < -0.3 is 15.0 Å². The van der Waals surface area contributed by atoms with Crippen LogP contribution in [0.15, 0.2) is 67.3 Å². The van der Waals surface area contributed by atoms with Gasteiger partial charge in [-0.3, -0.25) is 4.79 Å². The van der Waals surface area contributed by atoms with Crippen LogP contribution in [0.3, 0.4) is 0 Å². The number of hydrogen-bond acceptors (Lipinski definition) is 5. The van der Waals surface area contributed by atoms with Crippen LogP contribution in [0.25, 0.3) is 22.3 Å². The highest BCUT2D eigenvalue weighted by molar-refractivity contribution is 6.07. The van der Waals surface area contributed by atoms with Crippen molar-refractivity contribution in [2.45, 2.75) is 6.54 Å². The van der Waals surface area contributed by atoms with Gasteiger partial charge in [0.25, 0.3) is 5.91 Å². The topological polar surface area (TPSA) is 92.9 Å². The number of aliphatic hydroxyl groups excluding tert-OH is 1. The molecule has 0 aliphatic carbocycles. The number of imidazole rings is 1. The summed E-state index contributed by atoms with van der Waals surface area (Å²) in [4.78, 5) is 25.3. The Kier molecular flexibility index (Phi) is 4.59. The zero-order valence-corrected chi connectivity index (χ0v) is 14.4. The maximum Gasteiger partial charge on any atom is 0.256 e. The van der Waals surface area contributed by atoms with Crippen LogP contribution in [0.1, 0.15) is 10.4 Å². The summed E-state index contributed by atoms with van der Waals surface area (Å²) in [6.45, 7) is 0.351. The lowest BCUT2D eigenvalue weighted by atomic mass is 10.0. The number of carbonyl (C=O) groups excluding carboxylic acids is 1. The normalized spacial score (nSPS) is 10.9. The molecule has 0 saturated heterocycles. The molecule has 2 N–H and O–H groups in total. The molecule has 0 saturated carbocycles. The Morgan fingerprint density at radius 1 is 1.00 bits per heavy atom. The number of amides is 1. The van der Waals surface area contributed by atoms with Gasteiger partial charge in [-0.25, -0.2) is 15.0 Å². The van der Waals surface area contributed by atoms with E-state index in [-0.39, 0.29) is 12.5 Å². The fourth-order valence-corrected chi connectivity index (χ4v) is 2.89. The number of aromatic nitrogens is 4. The smallest absolute Gasteiger partial charge is 0.256 e. The molecule has 2 aromatic carbocycles. The molecule has 27 heavy (non-hydrogen) atoms. The summed E-state index contributed by atoms with van der Waals surface area (Å²) in [5, 5.41) is 11.9. The predicted octanol–water partition coefficient (Wildman–Crippen LogP) is 2.74. The van der Waals surface area contributed by atoms with Crippen LogP contribution in [0, 0.1) is 0 Å². The molecular weight excluding hydrogens is 342 g/mol. The summed E-state index contributed by atoms with van der Waals surface area (Å²) >= 11 is 0. The highest BCUT2D eigenvalue weighted by atomic mass is 16.3. The average molecular weight is 359 g/mol. The van der Waals surface area contributed by atoms with Gasteiger partial charge in [-0.15, -0.1) is 0 Å². The Bertz CT molecular complexity index is 1090. The van der Waals surface area contributed by atoms with Crippen LogP contribution >= 0.6 is 0 Å². The number of aliphatic hydroxyl groups is 1. The summed E-state index contributed by atoms with van der Waals surface area (Å²) in [7, 11) is 0. The monoisotopic (exact) mass is 359 g/mol. The molecule has 0 aliphatic heterocycles. The maximum absolute atomic E-state index is 12.7. The van der Waals surface area contributed by atoms with Gasteiger partial charge in [-0.1, -0.05) is 42.5 Å². The van der Waals surface area contributed by atoms with E-state index in [9.17, 15) is 4.79 Å². The quantitative estimate of drug-likeness (QED) is 0.571. The summed E-state index contributed by atoms with van der Waals surface area (Å²) in [6.07, 6.45) is 2.94. The third-order valence-electron chi connectivity index (χ3n) is 4.21. The van der Waals surface area contributed by atoms with Crippen LogP contribution in [0.2, 0.25) is 0 Å². The molecule has 4 aromatic rings. The Labute approximate surface area is 155 Å². The van der Waals surface area contributed by atoms with Crippen LogP contribution in [0.5, 0.6) is 0 Å². The van der Waals surface area contributed by atoms with E-state index in [0.29, 0.717) is 29.1 Å². The number of fused-ring (bicyclic) bond motifs is 1. The molecule has 0 spiro atoms. The molecule has 134 valence electrons. The number of rotatable bonds is 5. The minimum Gasteiger partial charge on any atom is -0.395 e. The van der Waals surface area contributed by atoms with E-state index in [1.54, 1.807) is 17.0 Å². The maximum atomic E-state index is 12.7. The van der Waals surface area contributed by atoms with E-state index >= 15 is 0 Å². The fraction of sp³-hybridized carbons (Fsp3) is 0.100. The zero-order chi connectivity index (χ0) is 18.6. The first-order chi connectivity index (χ1) is 13.3. The van der Waals surface area contributed by atoms with E-state index in [2.05, 4.69) is 20.3 Å². The Hall–Kier alpha value is -3.58. The van der Waals surface area contributed by atoms with E-state index in [0.717, 1.165) is 11.1 Å². The third-order valence-corrected chi connectivity index (χ3v) is 4.21. The number of anilines is 1. The number of benzene rings is 2. The molecular formula is C20H17N5O2. The second-order valence-corrected chi connectivity index (χ2v) is 5.96. The summed E-state index contributed by atoms with van der Waals surface area (Å²) < 4.78 is 1.71. The first kappa shape index (κ1) is 16.9. The minimum atomic E-state index is -0.274. The summed E-state index contributed by atoms with van der Waals surface area (Å²) in [5.74, 6) is 0.0660. The molecule has 2 heterocycles. The van der Waals surface area contributed by atoms with E-state index in [4.69, 9.17) is 5.11 Å². The highest BCUT2D eigenvalue weighted by Gasteiger charge is 2.14. The van der Waals surface area contributed by atoms with Gasteiger partial charge in [-0.2, -0.15) is 0 Å². The van der Waals surface area contributed by atoms with Gasteiger partial charge in [0, 0.05) is 12.1 Å². The summed E-state index contributed by atoms with van der Waals surface area (Å²) in [6, 6.07) is 17.3. The van der Waals surface area contributed by atoms with Crippen LogP contribution in [-0.2, 0) is 6.54 Å². The SMILES string of the molecule is O=C(Nc1ncnc2c1ncn2CCO)c1cccc(-c2ccccc2)c1. The van der Waals surface area contributed by atoms with Gasteiger partial charge >= 0.3 is 0 Å². The van der Waals surface area contributed by atoms with Gasteiger partial charge in [0.2, 0.25) is 0 Å². The molecule has 4 rings (SSSR count). The molecule has 0 bridgehead atoms. The first-order valence-electron chi connectivity index (χ1n) is 8.50. The highest BCUT2D eigenvalue weighted by Crippen LogP contribution is 2.22. The van der Waals surface area contributed by atoms with Crippen LogP contribution in [0.4, 0.5) is 5.82 Å². The number of carbonyl (C=O) groups is 1. The van der Waals surface area contributed by atoms with E-state index in [1.165, 1.54) is 6.33 Å². The Morgan fingerprint density at radius 3 is 2.63 bits per heavy atom. The lowest BCUT2D eigenvalue weighted by Gasteiger charge is -2.07. The van der Waals surface area contributed by atoms with Crippen molar-refractivity contribution in [3.8, 4) is 11.1 Å². The van der Waals surface area contributed by atoms with Gasteiger partial charge in [0.05, 0.1) is 12.9 Å². The lowest BCUT2D eigenvalue weighted by Crippen LogP contribution is -2.13. The van der Waals surface area contributed by atoms with Crippen LogP contribution in [-0.4, -0.2) is 37.1 Å². The van der Waals surface area contributed by atoms with E-state index in [1.807, 2.05) is 48.5 Å². The molecule has 0 radical (unpaired) electrons. The van der Waals surface area contributed by atoms with Crippen molar-refractivity contribution in [1.29, 1.82) is 0 Å². The van der Waals surface area contributed by atoms with Crippen molar-refractivity contribution in [3.63, 3.8) is 0 Å². The fourth-order valence-electron chi connectivity index (χ4n) is 2.89. The second kappa shape index (κ2) is 7.35. The van der Waals surface area contributed by atoms with Crippen LogP contribution < -0.4 is 5.32 Å². The number of nitrogens with one attached hydrogen (secondary N) is 1. The summed E-state index contributed by atoms with van der Waals surface area (Å²) in [5.41, 5.74) is 3.58. The molecule has 0 fully saturated rings. The second-order valence-electron chi connectivity index (χ2n) is 5.96. The molecule has 7 nitrogen and oxygen atoms in total. The standard InChI is InChI=1S/C20H17N5O2/c26-10-9-25-13-23-17-18(21-12-22-19(17)25)24-20(27)16-8-4-7-15(11-16)14-5-2-1-3-6-14/h1-8,11-13,26H,9-10H2,(H,21,22,24,27). The van der Waals surface area contributed by atoms with Crippen molar-refractivity contribution in [3.05, 3.63) is 72.8 Å². The van der Waals surface area contributed by atoms with Gasteiger partial charge in [-0.05, 0) is 23.3 Å². The molecule has 0 atom stereocenters. The third kappa shape index (κ3) is 3.40. The van der Waals surface area contributed by atoms with Crippen molar-refractivity contribution in [2.24, 2.45) is 0 Å². The molecule has 7 heteroatoms. The lowest BCUT2D eigenvalue weighted by molar-refractivity contribution is 0.102. The Balaban J connectivity index is 1.62. The Morgan fingerprint density at radius 2 is 1.81 bits per heavy atom. The predicted molar refractivity (Wildman–Crippen MR) is 102 cm³/mol. The van der Waals surface area contributed by atoms with Crippen molar-refractivity contribution >= 4 is 22.9 Å². The zero-order valence-electron chi connectivity index (χ0n) is 14.4. The molecule has 0 unspecified atom stereocenters. The molecule has 2 aromatic heterocycles. The average Bonchev–Trinajstić information content (AvgIpc) is 3.13.